The average Bonchev–Trinajstić information content (AvgIpc) is 2.71. The number of carbonyl (C=O) groups excluding carboxylic acids is 2. The highest BCUT2D eigenvalue weighted by atomic mass is 19.4. The lowest BCUT2D eigenvalue weighted by Crippen LogP contribution is -2.48. The van der Waals surface area contributed by atoms with Crippen molar-refractivity contribution < 1.29 is 37.0 Å². The molecule has 2 unspecified atom stereocenters. The van der Waals surface area contributed by atoms with E-state index in [-0.39, 0.29) is 23.2 Å². The molecule has 0 aliphatic rings. The van der Waals surface area contributed by atoms with Gasteiger partial charge >= 0.3 is 12.3 Å². The second kappa shape index (κ2) is 11.5. The number of nitrogens with zero attached hydrogens (tertiary/aromatic N) is 1. The lowest BCUT2D eigenvalue weighted by atomic mass is 9.95. The van der Waals surface area contributed by atoms with Crippen molar-refractivity contribution >= 4 is 12.0 Å². The van der Waals surface area contributed by atoms with Crippen LogP contribution >= 0.6 is 0 Å². The highest BCUT2D eigenvalue weighted by Crippen LogP contribution is 2.31. The molecule has 2 rings (SSSR count). The number of carbonyl (C=O) groups is 2. The normalized spacial score (nSPS) is 14.0. The van der Waals surface area contributed by atoms with Crippen LogP contribution in [0.15, 0.2) is 36.5 Å². The molecular formula is C26H33F4N3O4. The van der Waals surface area contributed by atoms with Crippen LogP contribution in [-0.2, 0) is 23.8 Å². The molecule has 1 aromatic carbocycles. The molecule has 3 N–H and O–H groups in total. The Hall–Kier alpha value is -3.21. The van der Waals surface area contributed by atoms with Crippen LogP contribution in [0.3, 0.4) is 0 Å². The minimum Gasteiger partial charge on any atom is -0.444 e. The van der Waals surface area contributed by atoms with E-state index >= 15 is 0 Å². The topological polar surface area (TPSA) is 101 Å². The van der Waals surface area contributed by atoms with E-state index in [0.29, 0.717) is 18.2 Å². The molecule has 204 valence electrons. The van der Waals surface area contributed by atoms with E-state index in [1.807, 2.05) is 0 Å². The van der Waals surface area contributed by atoms with Crippen molar-refractivity contribution in [3.05, 3.63) is 64.7 Å². The second-order valence-electron chi connectivity index (χ2n) is 10.7. The van der Waals surface area contributed by atoms with Gasteiger partial charge < -0.3 is 20.5 Å². The summed E-state index contributed by atoms with van der Waals surface area (Å²) in [6.07, 6.45) is -6.44. The number of amides is 2. The summed E-state index contributed by atoms with van der Waals surface area (Å²) in [4.78, 5) is 29.4. The predicted molar refractivity (Wildman–Crippen MR) is 129 cm³/mol. The molecule has 2 aromatic rings. The van der Waals surface area contributed by atoms with Gasteiger partial charge in [0, 0.05) is 18.2 Å². The number of benzene rings is 1. The molecule has 1 heterocycles. The molecule has 0 aliphatic heterocycles. The number of rotatable bonds is 7. The van der Waals surface area contributed by atoms with Crippen LogP contribution in [0.1, 0.15) is 68.7 Å². The fourth-order valence-corrected chi connectivity index (χ4v) is 3.44. The fraction of sp³-hybridized carbons (Fsp3) is 0.500. The van der Waals surface area contributed by atoms with Crippen molar-refractivity contribution in [1.82, 2.24) is 15.6 Å². The van der Waals surface area contributed by atoms with Crippen LogP contribution < -0.4 is 10.6 Å². The summed E-state index contributed by atoms with van der Waals surface area (Å²) in [5, 5.41) is 16.3. The number of alkyl halides is 3. The Kier molecular flexibility index (Phi) is 9.29. The minimum absolute atomic E-state index is 0.178. The van der Waals surface area contributed by atoms with Crippen LogP contribution in [0.2, 0.25) is 0 Å². The van der Waals surface area contributed by atoms with Crippen LogP contribution in [0.25, 0.3) is 0 Å². The summed E-state index contributed by atoms with van der Waals surface area (Å²) in [5.74, 6) is -1.37. The third-order valence-corrected chi connectivity index (χ3v) is 5.01. The molecule has 2 atom stereocenters. The van der Waals surface area contributed by atoms with Crippen molar-refractivity contribution in [2.24, 2.45) is 0 Å². The molecule has 0 fully saturated rings. The average molecular weight is 528 g/mol. The molecule has 0 radical (unpaired) electrons. The number of ether oxygens (including phenoxy) is 1. The van der Waals surface area contributed by atoms with Crippen molar-refractivity contribution in [1.29, 1.82) is 0 Å². The van der Waals surface area contributed by atoms with Gasteiger partial charge in [-0.05, 0) is 83.9 Å². The summed E-state index contributed by atoms with van der Waals surface area (Å²) < 4.78 is 59.3. The fourth-order valence-electron chi connectivity index (χ4n) is 3.44. The largest absolute Gasteiger partial charge is 0.444 e. The lowest BCUT2D eigenvalue weighted by molar-refractivity contribution is -0.137. The number of aliphatic hydroxyl groups is 1. The van der Waals surface area contributed by atoms with Crippen molar-refractivity contribution in [3.8, 4) is 0 Å². The third-order valence-electron chi connectivity index (χ3n) is 5.01. The highest BCUT2D eigenvalue weighted by molar-refractivity contribution is 5.95. The van der Waals surface area contributed by atoms with E-state index in [0.717, 1.165) is 0 Å². The van der Waals surface area contributed by atoms with E-state index in [1.165, 1.54) is 12.3 Å². The SMILES string of the molecule is CC(C)(C)NC(=O)c1cccnc1CC(O)C(Cc1cc(C(F)(F)F)ccc1F)NC(=O)OC(C)(C)C. The van der Waals surface area contributed by atoms with E-state index in [4.69, 9.17) is 4.74 Å². The maximum absolute atomic E-state index is 14.5. The number of halogens is 4. The number of hydrogen-bond acceptors (Lipinski definition) is 5. The van der Waals surface area contributed by atoms with Gasteiger partial charge in [0.25, 0.3) is 5.91 Å². The van der Waals surface area contributed by atoms with E-state index in [9.17, 15) is 32.3 Å². The van der Waals surface area contributed by atoms with E-state index < -0.39 is 59.3 Å². The summed E-state index contributed by atoms with van der Waals surface area (Å²) in [6.45, 7) is 10.2. The van der Waals surface area contributed by atoms with Crippen LogP contribution in [0, 0.1) is 5.82 Å². The number of aromatic nitrogens is 1. The first-order valence-corrected chi connectivity index (χ1v) is 11.7. The molecular weight excluding hydrogens is 494 g/mol. The lowest BCUT2D eigenvalue weighted by Gasteiger charge is -2.27. The molecule has 0 saturated carbocycles. The quantitative estimate of drug-likeness (QED) is 0.449. The molecule has 7 nitrogen and oxygen atoms in total. The monoisotopic (exact) mass is 527 g/mol. The summed E-state index contributed by atoms with van der Waals surface area (Å²) in [6, 6.07) is 3.71. The van der Waals surface area contributed by atoms with Gasteiger partial charge in [-0.3, -0.25) is 9.78 Å². The molecule has 0 bridgehead atoms. The number of pyridine rings is 1. The van der Waals surface area contributed by atoms with Gasteiger partial charge in [-0.1, -0.05) is 0 Å². The first-order chi connectivity index (χ1) is 16.9. The Bertz CT molecular complexity index is 1110. The Morgan fingerprint density at radius 2 is 1.70 bits per heavy atom. The standard InChI is InChI=1S/C26H33F4N3O4/c1-24(2,3)33-22(35)17-8-7-11-31-19(17)14-21(34)20(32-23(36)37-25(4,5)6)13-15-12-16(26(28,29)30)9-10-18(15)27/h7-12,20-21,34H,13-14H2,1-6H3,(H,32,36)(H,33,35). The first kappa shape index (κ1) is 30.0. The summed E-state index contributed by atoms with van der Waals surface area (Å²) >= 11 is 0. The molecule has 11 heteroatoms. The van der Waals surface area contributed by atoms with Gasteiger partial charge in [0.1, 0.15) is 11.4 Å². The Labute approximate surface area is 213 Å². The zero-order valence-electron chi connectivity index (χ0n) is 21.7. The first-order valence-electron chi connectivity index (χ1n) is 11.7. The van der Waals surface area contributed by atoms with Gasteiger partial charge in [-0.15, -0.1) is 0 Å². The van der Waals surface area contributed by atoms with Gasteiger partial charge in [-0.25, -0.2) is 9.18 Å². The smallest absolute Gasteiger partial charge is 0.416 e. The van der Waals surface area contributed by atoms with Gasteiger partial charge in [0.05, 0.1) is 29.0 Å². The minimum atomic E-state index is -4.71. The van der Waals surface area contributed by atoms with Gasteiger partial charge in [-0.2, -0.15) is 13.2 Å². The Morgan fingerprint density at radius 1 is 1.05 bits per heavy atom. The van der Waals surface area contributed by atoms with Crippen LogP contribution in [0.5, 0.6) is 0 Å². The zero-order chi connectivity index (χ0) is 28.2. The van der Waals surface area contributed by atoms with E-state index in [1.54, 1.807) is 47.6 Å². The molecule has 0 spiro atoms. The molecule has 1 aromatic heterocycles. The predicted octanol–water partition coefficient (Wildman–Crippen LogP) is 4.81. The van der Waals surface area contributed by atoms with Crippen LogP contribution in [-0.4, -0.2) is 45.4 Å². The maximum Gasteiger partial charge on any atom is 0.416 e. The molecule has 2 amide bonds. The molecule has 37 heavy (non-hydrogen) atoms. The van der Waals surface area contributed by atoms with Crippen molar-refractivity contribution in [2.75, 3.05) is 0 Å². The molecule has 0 aliphatic carbocycles. The molecule has 0 saturated heterocycles. The number of alkyl carbamates (subject to hydrolysis) is 1. The number of hydrogen-bond donors (Lipinski definition) is 3. The Balaban J connectivity index is 2.38. The van der Waals surface area contributed by atoms with Gasteiger partial charge in [0.15, 0.2) is 0 Å². The summed E-state index contributed by atoms with van der Waals surface area (Å²) in [5.41, 5.74) is -2.51. The maximum atomic E-state index is 14.5. The van der Waals surface area contributed by atoms with Crippen molar-refractivity contribution in [3.63, 3.8) is 0 Å². The third kappa shape index (κ3) is 9.64. The van der Waals surface area contributed by atoms with Crippen LogP contribution in [0.4, 0.5) is 22.4 Å². The number of aliphatic hydroxyl groups excluding tert-OH is 1. The highest BCUT2D eigenvalue weighted by Gasteiger charge is 2.33. The van der Waals surface area contributed by atoms with Crippen molar-refractivity contribution in [2.45, 2.75) is 83.8 Å². The second-order valence-corrected chi connectivity index (χ2v) is 10.7. The van der Waals surface area contributed by atoms with Gasteiger partial charge in [0.2, 0.25) is 0 Å². The zero-order valence-corrected chi connectivity index (χ0v) is 21.7. The summed E-state index contributed by atoms with van der Waals surface area (Å²) in [7, 11) is 0. The van der Waals surface area contributed by atoms with E-state index in [2.05, 4.69) is 15.6 Å². The Morgan fingerprint density at radius 3 is 2.27 bits per heavy atom. The number of nitrogens with one attached hydrogen (secondary N) is 2.